The minimum atomic E-state index is -0.282. The van der Waals surface area contributed by atoms with Gasteiger partial charge in [0.1, 0.15) is 6.61 Å². The fourth-order valence-corrected chi connectivity index (χ4v) is 2.67. The van der Waals surface area contributed by atoms with Crippen molar-refractivity contribution >= 4 is 27.6 Å². The molecule has 0 saturated heterocycles. The molecule has 2 aromatic rings. The molecule has 0 spiro atoms. The van der Waals surface area contributed by atoms with Crippen LogP contribution in [0.5, 0.6) is 0 Å². The van der Waals surface area contributed by atoms with E-state index >= 15 is 0 Å². The molecule has 3 rings (SSSR count). The average Bonchev–Trinajstić information content (AvgIpc) is 2.93. The number of carbonyl (C=O) groups excluding carboxylic acids is 1. The van der Waals surface area contributed by atoms with Gasteiger partial charge in [-0.15, -0.1) is 0 Å². The SMILES string of the molecule is O=C(OCc1ccccc1Br)c1ccc2c(c1)CCN2. The first kappa shape index (κ1) is 13.2. The van der Waals surface area contributed by atoms with Crippen LogP contribution >= 0.6 is 15.9 Å². The fraction of sp³-hybridized carbons (Fsp3) is 0.188. The fourth-order valence-electron chi connectivity index (χ4n) is 2.27. The summed E-state index contributed by atoms with van der Waals surface area (Å²) in [4.78, 5) is 12.1. The molecule has 0 fully saturated rings. The highest BCUT2D eigenvalue weighted by Gasteiger charge is 2.14. The molecule has 102 valence electrons. The van der Waals surface area contributed by atoms with Gasteiger partial charge in [-0.3, -0.25) is 0 Å². The molecule has 3 nitrogen and oxygen atoms in total. The number of hydrogen-bond acceptors (Lipinski definition) is 3. The van der Waals surface area contributed by atoms with Crippen molar-refractivity contribution in [2.75, 3.05) is 11.9 Å². The zero-order valence-electron chi connectivity index (χ0n) is 10.9. The summed E-state index contributed by atoms with van der Waals surface area (Å²) in [6, 6.07) is 13.4. The largest absolute Gasteiger partial charge is 0.457 e. The second-order valence-electron chi connectivity index (χ2n) is 4.72. The Morgan fingerprint density at radius 3 is 2.95 bits per heavy atom. The lowest BCUT2D eigenvalue weighted by Gasteiger charge is -2.07. The van der Waals surface area contributed by atoms with Gasteiger partial charge in [0.25, 0.3) is 0 Å². The van der Waals surface area contributed by atoms with Gasteiger partial charge in [0.2, 0.25) is 0 Å². The third kappa shape index (κ3) is 2.70. The molecule has 0 aromatic heterocycles. The minimum Gasteiger partial charge on any atom is -0.457 e. The first-order chi connectivity index (χ1) is 9.74. The van der Waals surface area contributed by atoms with Crippen LogP contribution in [0.25, 0.3) is 0 Å². The molecule has 0 bridgehead atoms. The third-order valence-electron chi connectivity index (χ3n) is 3.37. The van der Waals surface area contributed by atoms with E-state index in [-0.39, 0.29) is 12.6 Å². The molecule has 2 aromatic carbocycles. The lowest BCUT2D eigenvalue weighted by molar-refractivity contribution is 0.0472. The molecule has 4 heteroatoms. The molecule has 0 atom stereocenters. The van der Waals surface area contributed by atoms with Crippen LogP contribution in [0.1, 0.15) is 21.5 Å². The van der Waals surface area contributed by atoms with E-state index in [2.05, 4.69) is 21.2 Å². The lowest BCUT2D eigenvalue weighted by atomic mass is 10.1. The van der Waals surface area contributed by atoms with Gasteiger partial charge in [0.15, 0.2) is 0 Å². The molecular weight excluding hydrogens is 318 g/mol. The molecule has 1 aliphatic heterocycles. The van der Waals surface area contributed by atoms with Crippen LogP contribution in [0.15, 0.2) is 46.9 Å². The van der Waals surface area contributed by atoms with Crippen molar-refractivity contribution in [3.63, 3.8) is 0 Å². The Morgan fingerprint density at radius 2 is 2.10 bits per heavy atom. The summed E-state index contributed by atoms with van der Waals surface area (Å²) in [6.45, 7) is 1.21. The van der Waals surface area contributed by atoms with E-state index in [1.807, 2.05) is 36.4 Å². The van der Waals surface area contributed by atoms with Gasteiger partial charge in [-0.1, -0.05) is 34.1 Å². The first-order valence-electron chi connectivity index (χ1n) is 6.51. The van der Waals surface area contributed by atoms with Gasteiger partial charge in [0, 0.05) is 22.3 Å². The Kier molecular flexibility index (Phi) is 3.74. The van der Waals surface area contributed by atoms with Crippen molar-refractivity contribution in [1.82, 2.24) is 0 Å². The molecule has 0 amide bonds. The Bertz CT molecular complexity index is 655. The highest BCUT2D eigenvalue weighted by Crippen LogP contribution is 2.24. The summed E-state index contributed by atoms with van der Waals surface area (Å²) >= 11 is 3.44. The predicted molar refractivity (Wildman–Crippen MR) is 81.9 cm³/mol. The van der Waals surface area contributed by atoms with Crippen molar-refractivity contribution < 1.29 is 9.53 Å². The Morgan fingerprint density at radius 1 is 1.25 bits per heavy atom. The topological polar surface area (TPSA) is 38.3 Å². The molecule has 0 radical (unpaired) electrons. The van der Waals surface area contributed by atoms with Gasteiger partial charge >= 0.3 is 5.97 Å². The highest BCUT2D eigenvalue weighted by molar-refractivity contribution is 9.10. The number of fused-ring (bicyclic) bond motifs is 1. The van der Waals surface area contributed by atoms with Crippen LogP contribution in [0.2, 0.25) is 0 Å². The molecule has 0 unspecified atom stereocenters. The number of anilines is 1. The monoisotopic (exact) mass is 331 g/mol. The number of carbonyl (C=O) groups is 1. The van der Waals surface area contributed by atoms with Crippen LogP contribution in [-0.4, -0.2) is 12.5 Å². The standard InChI is InChI=1S/C16H14BrNO2/c17-14-4-2-1-3-13(14)10-20-16(19)12-5-6-15-11(9-12)7-8-18-15/h1-6,9,18H,7-8,10H2. The van der Waals surface area contributed by atoms with Gasteiger partial charge in [-0.25, -0.2) is 4.79 Å². The first-order valence-corrected chi connectivity index (χ1v) is 7.30. The normalized spacial score (nSPS) is 12.7. The summed E-state index contributed by atoms with van der Waals surface area (Å²) in [5, 5.41) is 3.27. The summed E-state index contributed by atoms with van der Waals surface area (Å²) in [7, 11) is 0. The van der Waals surface area contributed by atoms with Gasteiger partial charge in [0.05, 0.1) is 5.56 Å². The summed E-state index contributed by atoms with van der Waals surface area (Å²) in [5.41, 5.74) is 3.87. The minimum absolute atomic E-state index is 0.273. The van der Waals surface area contributed by atoms with E-state index in [9.17, 15) is 4.79 Å². The van der Waals surface area contributed by atoms with E-state index in [0.29, 0.717) is 5.56 Å². The van der Waals surface area contributed by atoms with Crippen LogP contribution in [0, 0.1) is 0 Å². The maximum absolute atomic E-state index is 12.1. The summed E-state index contributed by atoms with van der Waals surface area (Å²) in [6.07, 6.45) is 0.959. The van der Waals surface area contributed by atoms with Crippen molar-refractivity contribution in [2.45, 2.75) is 13.0 Å². The number of benzene rings is 2. The van der Waals surface area contributed by atoms with Crippen LogP contribution in [-0.2, 0) is 17.8 Å². The van der Waals surface area contributed by atoms with E-state index in [4.69, 9.17) is 4.74 Å². The predicted octanol–water partition coefficient (Wildman–Crippen LogP) is 3.77. The van der Waals surface area contributed by atoms with E-state index in [1.165, 1.54) is 5.56 Å². The van der Waals surface area contributed by atoms with Crippen LogP contribution in [0.4, 0.5) is 5.69 Å². The third-order valence-corrected chi connectivity index (χ3v) is 4.14. The van der Waals surface area contributed by atoms with Crippen molar-refractivity contribution in [3.8, 4) is 0 Å². The van der Waals surface area contributed by atoms with Crippen LogP contribution in [0.3, 0.4) is 0 Å². The van der Waals surface area contributed by atoms with Crippen LogP contribution < -0.4 is 5.32 Å². The zero-order valence-corrected chi connectivity index (χ0v) is 12.4. The number of ether oxygens (including phenoxy) is 1. The second-order valence-corrected chi connectivity index (χ2v) is 5.57. The van der Waals surface area contributed by atoms with Crippen molar-refractivity contribution in [3.05, 3.63) is 63.6 Å². The number of rotatable bonds is 3. The maximum atomic E-state index is 12.1. The van der Waals surface area contributed by atoms with Gasteiger partial charge in [-0.05, 0) is 36.2 Å². The highest BCUT2D eigenvalue weighted by atomic mass is 79.9. The number of nitrogens with one attached hydrogen (secondary N) is 1. The molecule has 1 aliphatic rings. The van der Waals surface area contributed by atoms with Gasteiger partial charge < -0.3 is 10.1 Å². The lowest BCUT2D eigenvalue weighted by Crippen LogP contribution is -2.06. The second kappa shape index (κ2) is 5.67. The molecular formula is C16H14BrNO2. The maximum Gasteiger partial charge on any atom is 0.338 e. The summed E-state index contributed by atoms with van der Waals surface area (Å²) in [5.74, 6) is -0.282. The van der Waals surface area contributed by atoms with Crippen molar-refractivity contribution in [1.29, 1.82) is 0 Å². The van der Waals surface area contributed by atoms with E-state index < -0.39 is 0 Å². The number of hydrogen-bond donors (Lipinski definition) is 1. The zero-order chi connectivity index (χ0) is 13.9. The Balaban J connectivity index is 1.69. The average molecular weight is 332 g/mol. The molecule has 1 N–H and O–H groups in total. The quantitative estimate of drug-likeness (QED) is 0.870. The molecule has 1 heterocycles. The number of halogens is 1. The Hall–Kier alpha value is -1.81. The van der Waals surface area contributed by atoms with Crippen molar-refractivity contribution in [2.24, 2.45) is 0 Å². The van der Waals surface area contributed by atoms with Gasteiger partial charge in [-0.2, -0.15) is 0 Å². The molecule has 0 saturated carbocycles. The smallest absolute Gasteiger partial charge is 0.338 e. The molecule has 20 heavy (non-hydrogen) atoms. The van der Waals surface area contributed by atoms with E-state index in [0.717, 1.165) is 28.7 Å². The number of esters is 1. The molecule has 0 aliphatic carbocycles. The Labute approximate surface area is 126 Å². The summed E-state index contributed by atoms with van der Waals surface area (Å²) < 4.78 is 6.32. The van der Waals surface area contributed by atoms with E-state index in [1.54, 1.807) is 6.07 Å².